The summed E-state index contributed by atoms with van der Waals surface area (Å²) in [6, 6.07) is 9.79. The molecule has 1 aliphatic heterocycles. The second-order valence-corrected chi connectivity index (χ2v) is 6.73. The molecule has 148 valence electrons. The lowest BCUT2D eigenvalue weighted by molar-refractivity contribution is -0.383. The zero-order valence-corrected chi connectivity index (χ0v) is 15.5. The number of para-hydroxylation sites is 2. The fourth-order valence-electron chi connectivity index (χ4n) is 3.41. The van der Waals surface area contributed by atoms with Crippen molar-refractivity contribution in [3.63, 3.8) is 0 Å². The van der Waals surface area contributed by atoms with Crippen molar-refractivity contribution >= 4 is 23.1 Å². The average molecular weight is 393 g/mol. The normalized spacial score (nSPS) is 16.4. The van der Waals surface area contributed by atoms with Crippen LogP contribution in [0.3, 0.4) is 0 Å². The van der Waals surface area contributed by atoms with Crippen molar-refractivity contribution in [2.45, 2.75) is 12.8 Å². The number of nitro groups is 1. The third-order valence-corrected chi connectivity index (χ3v) is 4.85. The lowest BCUT2D eigenvalue weighted by atomic mass is 9.97. The molecule has 0 radical (unpaired) electrons. The number of nitro benzene ring substituents is 1. The SMILES string of the molecule is O=C(Nc1ccccc1[N+](=O)[O-])C1CCCN(c2cc(-n3cccn3)ncn2)C1. The number of hydrogen-bond donors (Lipinski definition) is 1. The number of carbonyl (C=O) groups is 1. The predicted octanol–water partition coefficient (Wildman–Crippen LogP) is 2.43. The van der Waals surface area contributed by atoms with Gasteiger partial charge in [0.25, 0.3) is 5.69 Å². The number of aromatic nitrogens is 4. The standard InChI is InChI=1S/C19H19N7O3/c27-19(23-15-6-1-2-7-16(15)26(28)29)14-5-3-9-24(12-14)17-11-18(21-13-20-17)25-10-4-8-22-25/h1-2,4,6-8,10-11,13-14H,3,5,9,12H2,(H,23,27). The molecule has 1 fully saturated rings. The first-order valence-electron chi connectivity index (χ1n) is 9.23. The van der Waals surface area contributed by atoms with Gasteiger partial charge >= 0.3 is 0 Å². The van der Waals surface area contributed by atoms with E-state index in [9.17, 15) is 14.9 Å². The minimum Gasteiger partial charge on any atom is -0.356 e. The molecule has 0 bridgehead atoms. The molecule has 1 atom stereocenters. The molecule has 3 heterocycles. The Labute approximate surface area is 166 Å². The fourth-order valence-corrected chi connectivity index (χ4v) is 3.41. The van der Waals surface area contributed by atoms with Crippen LogP contribution in [0.25, 0.3) is 5.82 Å². The van der Waals surface area contributed by atoms with E-state index in [1.54, 1.807) is 29.2 Å². The highest BCUT2D eigenvalue weighted by atomic mass is 16.6. The molecule has 1 N–H and O–H groups in total. The van der Waals surface area contributed by atoms with Crippen LogP contribution in [0.5, 0.6) is 0 Å². The molecule has 4 rings (SSSR count). The minimum atomic E-state index is -0.500. The van der Waals surface area contributed by atoms with Crippen LogP contribution in [0.4, 0.5) is 17.2 Å². The van der Waals surface area contributed by atoms with Crippen molar-refractivity contribution < 1.29 is 9.72 Å². The molecule has 1 aromatic carbocycles. The smallest absolute Gasteiger partial charge is 0.292 e. The monoisotopic (exact) mass is 393 g/mol. The molecule has 0 saturated carbocycles. The Kier molecular flexibility index (Phi) is 5.14. The Balaban J connectivity index is 1.48. The minimum absolute atomic E-state index is 0.117. The van der Waals surface area contributed by atoms with Crippen molar-refractivity contribution in [1.82, 2.24) is 19.7 Å². The summed E-state index contributed by atoms with van der Waals surface area (Å²) in [5, 5.41) is 18.1. The van der Waals surface area contributed by atoms with Gasteiger partial charge in [-0.15, -0.1) is 0 Å². The van der Waals surface area contributed by atoms with Crippen LogP contribution in [-0.4, -0.2) is 43.7 Å². The van der Waals surface area contributed by atoms with Gasteiger partial charge in [-0.05, 0) is 25.0 Å². The maximum absolute atomic E-state index is 12.8. The maximum Gasteiger partial charge on any atom is 0.292 e. The van der Waals surface area contributed by atoms with E-state index >= 15 is 0 Å². The Bertz CT molecular complexity index is 1020. The fraction of sp³-hybridized carbons (Fsp3) is 0.263. The van der Waals surface area contributed by atoms with Crippen LogP contribution in [0.2, 0.25) is 0 Å². The summed E-state index contributed by atoms with van der Waals surface area (Å²) < 4.78 is 1.65. The lowest BCUT2D eigenvalue weighted by Gasteiger charge is -2.32. The van der Waals surface area contributed by atoms with Gasteiger partial charge in [0.1, 0.15) is 17.8 Å². The van der Waals surface area contributed by atoms with Gasteiger partial charge in [-0.1, -0.05) is 12.1 Å². The molecule has 0 spiro atoms. The Morgan fingerprint density at radius 1 is 1.21 bits per heavy atom. The summed E-state index contributed by atoms with van der Waals surface area (Å²) in [5.74, 6) is 0.831. The number of hydrogen-bond acceptors (Lipinski definition) is 7. The maximum atomic E-state index is 12.8. The van der Waals surface area contributed by atoms with Crippen LogP contribution in [-0.2, 0) is 4.79 Å². The second kappa shape index (κ2) is 8.05. The summed E-state index contributed by atoms with van der Waals surface area (Å²) in [6.45, 7) is 1.24. The molecule has 1 unspecified atom stereocenters. The largest absolute Gasteiger partial charge is 0.356 e. The van der Waals surface area contributed by atoms with E-state index in [1.807, 2.05) is 17.0 Å². The van der Waals surface area contributed by atoms with Gasteiger partial charge in [0.05, 0.1) is 10.8 Å². The highest BCUT2D eigenvalue weighted by Gasteiger charge is 2.28. The third-order valence-electron chi connectivity index (χ3n) is 4.85. The van der Waals surface area contributed by atoms with Gasteiger partial charge in [-0.3, -0.25) is 14.9 Å². The molecule has 1 amide bonds. The van der Waals surface area contributed by atoms with E-state index in [-0.39, 0.29) is 23.2 Å². The Hall–Kier alpha value is -3.82. The van der Waals surface area contributed by atoms with E-state index in [0.717, 1.165) is 13.0 Å². The van der Waals surface area contributed by atoms with Crippen molar-refractivity contribution in [3.05, 3.63) is 65.2 Å². The molecule has 10 nitrogen and oxygen atoms in total. The number of piperidine rings is 1. The first kappa shape index (κ1) is 18.5. The topological polar surface area (TPSA) is 119 Å². The predicted molar refractivity (Wildman–Crippen MR) is 106 cm³/mol. The highest BCUT2D eigenvalue weighted by Crippen LogP contribution is 2.27. The molecule has 1 aliphatic rings. The molecule has 29 heavy (non-hydrogen) atoms. The number of rotatable bonds is 5. The molecular formula is C19H19N7O3. The van der Waals surface area contributed by atoms with E-state index in [1.165, 1.54) is 18.5 Å². The molecule has 10 heteroatoms. The third kappa shape index (κ3) is 4.05. The van der Waals surface area contributed by atoms with E-state index in [2.05, 4.69) is 20.4 Å². The number of anilines is 2. The first-order valence-corrected chi connectivity index (χ1v) is 9.23. The number of carbonyl (C=O) groups excluding carboxylic acids is 1. The van der Waals surface area contributed by atoms with Crippen molar-refractivity contribution in [2.24, 2.45) is 5.92 Å². The van der Waals surface area contributed by atoms with Gasteiger partial charge < -0.3 is 10.2 Å². The molecule has 3 aromatic rings. The number of amides is 1. The zero-order valence-electron chi connectivity index (χ0n) is 15.5. The van der Waals surface area contributed by atoms with Gasteiger partial charge in [0.15, 0.2) is 5.82 Å². The quantitative estimate of drug-likeness (QED) is 0.522. The lowest BCUT2D eigenvalue weighted by Crippen LogP contribution is -2.41. The van der Waals surface area contributed by atoms with Gasteiger partial charge in [-0.2, -0.15) is 5.10 Å². The molecule has 1 saturated heterocycles. The van der Waals surface area contributed by atoms with Gasteiger partial charge in [0.2, 0.25) is 5.91 Å². The van der Waals surface area contributed by atoms with Crippen LogP contribution < -0.4 is 10.2 Å². The molecule has 2 aromatic heterocycles. The van der Waals surface area contributed by atoms with Crippen molar-refractivity contribution in [3.8, 4) is 5.82 Å². The number of nitrogens with one attached hydrogen (secondary N) is 1. The van der Waals surface area contributed by atoms with E-state index in [0.29, 0.717) is 24.6 Å². The second-order valence-electron chi connectivity index (χ2n) is 6.73. The summed E-state index contributed by atoms with van der Waals surface area (Å²) in [6.07, 6.45) is 6.47. The summed E-state index contributed by atoms with van der Waals surface area (Å²) in [4.78, 5) is 34.0. The summed E-state index contributed by atoms with van der Waals surface area (Å²) in [5.41, 5.74) is 0.0933. The number of nitrogens with zero attached hydrogens (tertiary/aromatic N) is 6. The first-order chi connectivity index (χ1) is 14.1. The summed E-state index contributed by atoms with van der Waals surface area (Å²) in [7, 11) is 0. The van der Waals surface area contributed by atoms with Crippen molar-refractivity contribution in [1.29, 1.82) is 0 Å². The Morgan fingerprint density at radius 3 is 2.83 bits per heavy atom. The zero-order chi connectivity index (χ0) is 20.2. The summed E-state index contributed by atoms with van der Waals surface area (Å²) >= 11 is 0. The van der Waals surface area contributed by atoms with Crippen molar-refractivity contribution in [2.75, 3.05) is 23.3 Å². The van der Waals surface area contributed by atoms with Crippen LogP contribution in [0.15, 0.2) is 55.1 Å². The molecule has 0 aliphatic carbocycles. The van der Waals surface area contributed by atoms with Gasteiger partial charge in [-0.25, -0.2) is 14.6 Å². The van der Waals surface area contributed by atoms with Gasteiger partial charge in [0, 0.05) is 37.6 Å². The van der Waals surface area contributed by atoms with Crippen LogP contribution in [0.1, 0.15) is 12.8 Å². The molecular weight excluding hydrogens is 374 g/mol. The van der Waals surface area contributed by atoms with Crippen LogP contribution in [0, 0.1) is 16.0 Å². The van der Waals surface area contributed by atoms with Crippen LogP contribution >= 0.6 is 0 Å². The Morgan fingerprint density at radius 2 is 2.03 bits per heavy atom. The highest BCUT2D eigenvalue weighted by molar-refractivity contribution is 5.95. The average Bonchev–Trinajstić information content (AvgIpc) is 3.29. The van der Waals surface area contributed by atoms with E-state index < -0.39 is 4.92 Å². The van der Waals surface area contributed by atoms with E-state index in [4.69, 9.17) is 0 Å². The number of benzene rings is 1.